The molecule has 2 saturated heterocycles. The molecule has 138 valence electrons. The maximum atomic E-state index is 12.2. The first-order valence-corrected chi connectivity index (χ1v) is 9.53. The minimum Gasteiger partial charge on any atom is -0.354 e. The van der Waals surface area contributed by atoms with Gasteiger partial charge in [0.2, 0.25) is 11.9 Å². The summed E-state index contributed by atoms with van der Waals surface area (Å²) in [5.74, 6) is 1.43. The lowest BCUT2D eigenvalue weighted by atomic mass is 9.92. The Morgan fingerprint density at radius 1 is 1.36 bits per heavy atom. The van der Waals surface area contributed by atoms with Crippen molar-refractivity contribution in [2.24, 2.45) is 5.92 Å². The number of hydrogen-bond acceptors (Lipinski definition) is 5. The number of aromatic nitrogens is 2. The van der Waals surface area contributed by atoms with E-state index in [1.54, 1.807) is 0 Å². The molecule has 6 heteroatoms. The van der Waals surface area contributed by atoms with Crippen molar-refractivity contribution in [2.45, 2.75) is 57.9 Å². The van der Waals surface area contributed by atoms with Gasteiger partial charge in [0.25, 0.3) is 0 Å². The van der Waals surface area contributed by atoms with Gasteiger partial charge in [0, 0.05) is 31.2 Å². The third-order valence-electron chi connectivity index (χ3n) is 5.15. The van der Waals surface area contributed by atoms with Gasteiger partial charge < -0.3 is 15.5 Å². The lowest BCUT2D eigenvalue weighted by molar-refractivity contribution is -0.122. The monoisotopic (exact) mass is 345 g/mol. The van der Waals surface area contributed by atoms with Gasteiger partial charge in [0.15, 0.2) is 0 Å². The van der Waals surface area contributed by atoms with Crippen LogP contribution in [-0.2, 0) is 10.2 Å². The van der Waals surface area contributed by atoms with Crippen molar-refractivity contribution in [3.63, 3.8) is 0 Å². The Balaban J connectivity index is 1.56. The van der Waals surface area contributed by atoms with Crippen molar-refractivity contribution < 1.29 is 4.79 Å². The molecular weight excluding hydrogens is 314 g/mol. The molecule has 2 N–H and O–H groups in total. The fourth-order valence-electron chi connectivity index (χ4n) is 3.61. The van der Waals surface area contributed by atoms with Crippen LogP contribution in [0.25, 0.3) is 0 Å². The summed E-state index contributed by atoms with van der Waals surface area (Å²) in [6.07, 6.45) is 6.17. The summed E-state index contributed by atoms with van der Waals surface area (Å²) in [4.78, 5) is 23.7. The van der Waals surface area contributed by atoms with Crippen LogP contribution in [0.4, 0.5) is 5.95 Å². The van der Waals surface area contributed by atoms with Crippen LogP contribution in [0.1, 0.15) is 52.1 Å². The Labute approximate surface area is 150 Å². The predicted octanol–water partition coefficient (Wildman–Crippen LogP) is 1.86. The van der Waals surface area contributed by atoms with E-state index in [4.69, 9.17) is 4.98 Å². The Morgan fingerprint density at radius 3 is 2.92 bits per heavy atom. The first kappa shape index (κ1) is 18.1. The first-order chi connectivity index (χ1) is 11.9. The maximum Gasteiger partial charge on any atom is 0.237 e. The SMILES string of the molecule is CC(C)(C)c1ccnc(N2CCCC(CNC(=O)C3CCCN3)C2)n1. The first-order valence-electron chi connectivity index (χ1n) is 9.53. The Morgan fingerprint density at radius 2 is 2.20 bits per heavy atom. The fourth-order valence-corrected chi connectivity index (χ4v) is 3.61. The van der Waals surface area contributed by atoms with E-state index >= 15 is 0 Å². The Kier molecular flexibility index (Phi) is 5.57. The van der Waals surface area contributed by atoms with Crippen LogP contribution in [0.3, 0.4) is 0 Å². The van der Waals surface area contributed by atoms with Crippen LogP contribution in [0.15, 0.2) is 12.3 Å². The summed E-state index contributed by atoms with van der Waals surface area (Å²) in [6.45, 7) is 10.1. The molecular formula is C19H31N5O. The second kappa shape index (κ2) is 7.68. The summed E-state index contributed by atoms with van der Waals surface area (Å²) < 4.78 is 0. The molecule has 0 bridgehead atoms. The maximum absolute atomic E-state index is 12.2. The number of hydrogen-bond donors (Lipinski definition) is 2. The van der Waals surface area contributed by atoms with Crippen LogP contribution < -0.4 is 15.5 Å². The molecule has 2 atom stereocenters. The van der Waals surface area contributed by atoms with Crippen LogP contribution in [0.5, 0.6) is 0 Å². The molecule has 0 radical (unpaired) electrons. The molecule has 1 amide bonds. The molecule has 0 aromatic carbocycles. The second-order valence-electron chi connectivity index (χ2n) is 8.34. The summed E-state index contributed by atoms with van der Waals surface area (Å²) in [5.41, 5.74) is 1.09. The zero-order valence-electron chi connectivity index (χ0n) is 15.7. The van der Waals surface area contributed by atoms with E-state index in [9.17, 15) is 4.79 Å². The average molecular weight is 345 g/mol. The molecule has 3 heterocycles. The number of nitrogens with zero attached hydrogens (tertiary/aromatic N) is 3. The number of carbonyl (C=O) groups excluding carboxylic acids is 1. The zero-order valence-corrected chi connectivity index (χ0v) is 15.7. The highest BCUT2D eigenvalue weighted by atomic mass is 16.2. The topological polar surface area (TPSA) is 70.2 Å². The third kappa shape index (κ3) is 4.69. The van der Waals surface area contributed by atoms with Crippen molar-refractivity contribution in [3.8, 4) is 0 Å². The third-order valence-corrected chi connectivity index (χ3v) is 5.15. The van der Waals surface area contributed by atoms with Gasteiger partial charge in [0.1, 0.15) is 0 Å². The minimum atomic E-state index is 0.00601. The summed E-state index contributed by atoms with van der Waals surface area (Å²) in [5, 5.41) is 6.39. The van der Waals surface area contributed by atoms with E-state index in [0.717, 1.165) is 63.5 Å². The smallest absolute Gasteiger partial charge is 0.237 e. The van der Waals surface area contributed by atoms with E-state index < -0.39 is 0 Å². The van der Waals surface area contributed by atoms with Crippen molar-refractivity contribution >= 4 is 11.9 Å². The van der Waals surface area contributed by atoms with Crippen molar-refractivity contribution in [1.82, 2.24) is 20.6 Å². The number of rotatable bonds is 4. The van der Waals surface area contributed by atoms with E-state index in [2.05, 4.69) is 41.3 Å². The lowest BCUT2D eigenvalue weighted by Crippen LogP contribution is -2.45. The van der Waals surface area contributed by atoms with E-state index in [0.29, 0.717) is 5.92 Å². The van der Waals surface area contributed by atoms with Crippen LogP contribution in [0, 0.1) is 5.92 Å². The molecule has 2 unspecified atom stereocenters. The number of carbonyl (C=O) groups is 1. The van der Waals surface area contributed by atoms with E-state index in [1.165, 1.54) is 0 Å². The number of piperidine rings is 1. The van der Waals surface area contributed by atoms with Gasteiger partial charge in [-0.25, -0.2) is 9.97 Å². The normalized spacial score (nSPS) is 24.4. The number of nitrogens with one attached hydrogen (secondary N) is 2. The molecule has 1 aromatic rings. The average Bonchev–Trinajstić information content (AvgIpc) is 3.14. The van der Waals surface area contributed by atoms with Crippen molar-refractivity contribution in [3.05, 3.63) is 18.0 Å². The molecule has 0 spiro atoms. The predicted molar refractivity (Wildman–Crippen MR) is 99.7 cm³/mol. The standard InChI is InChI=1S/C19H31N5O/c1-19(2,3)16-8-10-21-18(23-16)24-11-5-6-14(13-24)12-22-17(25)15-7-4-9-20-15/h8,10,14-15,20H,4-7,9,11-13H2,1-3H3,(H,22,25). The minimum absolute atomic E-state index is 0.00601. The van der Waals surface area contributed by atoms with Gasteiger partial charge in [-0.05, 0) is 44.2 Å². The number of anilines is 1. The number of amides is 1. The van der Waals surface area contributed by atoms with E-state index in [-0.39, 0.29) is 17.4 Å². The molecule has 6 nitrogen and oxygen atoms in total. The molecule has 2 aliphatic heterocycles. The summed E-state index contributed by atoms with van der Waals surface area (Å²) in [6, 6.07) is 2.01. The quantitative estimate of drug-likeness (QED) is 0.872. The molecule has 2 aliphatic rings. The van der Waals surface area contributed by atoms with Crippen LogP contribution >= 0.6 is 0 Å². The van der Waals surface area contributed by atoms with Gasteiger partial charge in [-0.3, -0.25) is 4.79 Å². The molecule has 3 rings (SSSR count). The summed E-state index contributed by atoms with van der Waals surface area (Å²) >= 11 is 0. The zero-order chi connectivity index (χ0) is 17.9. The highest BCUT2D eigenvalue weighted by molar-refractivity contribution is 5.81. The second-order valence-corrected chi connectivity index (χ2v) is 8.34. The van der Waals surface area contributed by atoms with Gasteiger partial charge in [-0.15, -0.1) is 0 Å². The highest BCUT2D eigenvalue weighted by Gasteiger charge is 2.26. The van der Waals surface area contributed by atoms with E-state index in [1.807, 2.05) is 12.3 Å². The van der Waals surface area contributed by atoms with Gasteiger partial charge >= 0.3 is 0 Å². The van der Waals surface area contributed by atoms with Gasteiger partial charge in [-0.1, -0.05) is 20.8 Å². The fraction of sp³-hybridized carbons (Fsp3) is 0.737. The largest absolute Gasteiger partial charge is 0.354 e. The molecule has 25 heavy (non-hydrogen) atoms. The van der Waals surface area contributed by atoms with Gasteiger partial charge in [0.05, 0.1) is 11.7 Å². The van der Waals surface area contributed by atoms with Crippen molar-refractivity contribution in [1.29, 1.82) is 0 Å². The van der Waals surface area contributed by atoms with Gasteiger partial charge in [-0.2, -0.15) is 0 Å². The Hall–Kier alpha value is -1.69. The molecule has 0 saturated carbocycles. The van der Waals surface area contributed by atoms with Crippen molar-refractivity contribution in [2.75, 3.05) is 31.1 Å². The molecule has 2 fully saturated rings. The molecule has 1 aromatic heterocycles. The van der Waals surface area contributed by atoms with Crippen LogP contribution in [0.2, 0.25) is 0 Å². The molecule has 0 aliphatic carbocycles. The van der Waals surface area contributed by atoms with Crippen LogP contribution in [-0.4, -0.2) is 48.1 Å². The highest BCUT2D eigenvalue weighted by Crippen LogP contribution is 2.24. The lowest BCUT2D eigenvalue weighted by Gasteiger charge is -2.33. The summed E-state index contributed by atoms with van der Waals surface area (Å²) in [7, 11) is 0. The Bertz CT molecular complexity index is 592.